The lowest BCUT2D eigenvalue weighted by atomic mass is 10.2. The molecule has 0 aromatic heterocycles. The van der Waals surface area contributed by atoms with Crippen molar-refractivity contribution in [1.29, 1.82) is 0 Å². The summed E-state index contributed by atoms with van der Waals surface area (Å²) < 4.78 is 0. The number of aromatic hydroxyl groups is 2. The van der Waals surface area contributed by atoms with Gasteiger partial charge in [-0.05, 0) is 0 Å². The summed E-state index contributed by atoms with van der Waals surface area (Å²) >= 11 is 1.58. The van der Waals surface area contributed by atoms with Gasteiger partial charge in [-0.3, -0.25) is 0 Å². The molecule has 0 unspecified atom stereocenters. The minimum Gasteiger partial charge on any atom is -0.508 e. The second-order valence-electron chi connectivity index (χ2n) is 2.78. The van der Waals surface area contributed by atoms with E-state index in [1.165, 1.54) is 6.07 Å². The number of hydrogen-bond acceptors (Lipinski definition) is 4. The van der Waals surface area contributed by atoms with Crippen molar-refractivity contribution in [3.8, 4) is 11.5 Å². The maximum atomic E-state index is 9.42. The Kier molecular flexibility index (Phi) is 1.58. The molecule has 0 saturated carbocycles. The molecule has 1 aromatic rings. The predicted octanol–water partition coefficient (Wildman–Crippen LogP) is 1.60. The number of phenolic OH excluding ortho intramolecular Hbond substituents is 2. The summed E-state index contributed by atoms with van der Waals surface area (Å²) in [6, 6.07) is 3.03. The Balaban J connectivity index is 2.60. The van der Waals surface area contributed by atoms with E-state index in [9.17, 15) is 10.2 Å². The molecule has 0 radical (unpaired) electrons. The molecule has 0 saturated heterocycles. The van der Waals surface area contributed by atoms with Crippen LogP contribution in [0, 0.1) is 0 Å². The van der Waals surface area contributed by atoms with E-state index in [-0.39, 0.29) is 11.5 Å². The van der Waals surface area contributed by atoms with Crippen LogP contribution in [0.4, 0.5) is 5.69 Å². The summed E-state index contributed by atoms with van der Waals surface area (Å²) in [4.78, 5) is 2.84. The van der Waals surface area contributed by atoms with Gasteiger partial charge in [0.05, 0.1) is 16.5 Å². The highest BCUT2D eigenvalue weighted by Gasteiger charge is 2.20. The SMILES string of the molecule is CN1CSc2c(O)cc(O)cc21. The Labute approximate surface area is 74.6 Å². The van der Waals surface area contributed by atoms with Gasteiger partial charge in [0, 0.05) is 19.2 Å². The van der Waals surface area contributed by atoms with Crippen molar-refractivity contribution in [2.24, 2.45) is 0 Å². The van der Waals surface area contributed by atoms with Gasteiger partial charge >= 0.3 is 0 Å². The van der Waals surface area contributed by atoms with Gasteiger partial charge in [-0.15, -0.1) is 0 Å². The van der Waals surface area contributed by atoms with Gasteiger partial charge < -0.3 is 15.1 Å². The quantitative estimate of drug-likeness (QED) is 0.641. The van der Waals surface area contributed by atoms with E-state index in [0.717, 1.165) is 16.5 Å². The first-order valence-corrected chi connectivity index (χ1v) is 4.57. The fraction of sp³-hybridized carbons (Fsp3) is 0.250. The van der Waals surface area contributed by atoms with E-state index in [0.29, 0.717) is 0 Å². The van der Waals surface area contributed by atoms with Gasteiger partial charge in [0.2, 0.25) is 0 Å². The summed E-state index contributed by atoms with van der Waals surface area (Å²) in [6.45, 7) is 0. The normalized spacial score (nSPS) is 14.9. The third kappa shape index (κ3) is 0.992. The third-order valence-electron chi connectivity index (χ3n) is 1.85. The summed E-state index contributed by atoms with van der Waals surface area (Å²) in [5.41, 5.74) is 0.900. The summed E-state index contributed by atoms with van der Waals surface area (Å²) in [6.07, 6.45) is 0. The number of benzene rings is 1. The first-order chi connectivity index (χ1) is 5.68. The molecule has 0 atom stereocenters. The lowest BCUT2D eigenvalue weighted by Gasteiger charge is -2.10. The van der Waals surface area contributed by atoms with Gasteiger partial charge in [0.1, 0.15) is 11.5 Å². The van der Waals surface area contributed by atoms with Crippen LogP contribution in [-0.4, -0.2) is 23.1 Å². The van der Waals surface area contributed by atoms with Gasteiger partial charge in [-0.1, -0.05) is 11.8 Å². The van der Waals surface area contributed by atoms with Crippen LogP contribution in [0.3, 0.4) is 0 Å². The van der Waals surface area contributed by atoms with E-state index < -0.39 is 0 Å². The Morgan fingerprint density at radius 3 is 2.92 bits per heavy atom. The molecule has 0 amide bonds. The van der Waals surface area contributed by atoms with Gasteiger partial charge in [-0.25, -0.2) is 0 Å². The number of fused-ring (bicyclic) bond motifs is 1. The van der Waals surface area contributed by atoms with Crippen LogP contribution in [0.15, 0.2) is 17.0 Å². The molecule has 1 heterocycles. The van der Waals surface area contributed by atoms with Crippen molar-refractivity contribution in [3.63, 3.8) is 0 Å². The van der Waals surface area contributed by atoms with Crippen LogP contribution in [0.1, 0.15) is 0 Å². The van der Waals surface area contributed by atoms with Crippen molar-refractivity contribution in [2.45, 2.75) is 4.90 Å². The Morgan fingerprint density at radius 2 is 2.17 bits per heavy atom. The van der Waals surface area contributed by atoms with Crippen molar-refractivity contribution in [1.82, 2.24) is 0 Å². The minimum absolute atomic E-state index is 0.112. The average molecular weight is 183 g/mol. The lowest BCUT2D eigenvalue weighted by molar-refractivity contribution is 0.442. The Morgan fingerprint density at radius 1 is 1.42 bits per heavy atom. The maximum Gasteiger partial charge on any atom is 0.134 e. The highest BCUT2D eigenvalue weighted by atomic mass is 32.2. The first kappa shape index (κ1) is 7.61. The zero-order valence-corrected chi connectivity index (χ0v) is 7.43. The molecular formula is C8H9NO2S. The zero-order valence-electron chi connectivity index (χ0n) is 6.61. The molecule has 0 aliphatic carbocycles. The Bertz CT molecular complexity index is 327. The van der Waals surface area contributed by atoms with E-state index in [1.54, 1.807) is 17.8 Å². The highest BCUT2D eigenvalue weighted by Crippen LogP contribution is 2.45. The predicted molar refractivity (Wildman–Crippen MR) is 48.9 cm³/mol. The van der Waals surface area contributed by atoms with Crippen molar-refractivity contribution < 1.29 is 10.2 Å². The molecule has 12 heavy (non-hydrogen) atoms. The maximum absolute atomic E-state index is 9.42. The van der Waals surface area contributed by atoms with Crippen molar-refractivity contribution in [2.75, 3.05) is 17.8 Å². The van der Waals surface area contributed by atoms with Gasteiger partial charge in [-0.2, -0.15) is 0 Å². The third-order valence-corrected chi connectivity index (χ3v) is 3.07. The van der Waals surface area contributed by atoms with Crippen LogP contribution >= 0.6 is 11.8 Å². The second kappa shape index (κ2) is 2.48. The van der Waals surface area contributed by atoms with Crippen LogP contribution in [0.5, 0.6) is 11.5 Å². The Hall–Kier alpha value is -1.03. The minimum atomic E-state index is 0.112. The summed E-state index contributed by atoms with van der Waals surface area (Å²) in [7, 11) is 1.93. The summed E-state index contributed by atoms with van der Waals surface area (Å²) in [5, 5.41) is 18.6. The standard InChI is InChI=1S/C8H9NO2S/c1-9-4-12-8-6(9)2-5(10)3-7(8)11/h2-3,10-11H,4H2,1H3. The molecular weight excluding hydrogens is 174 g/mol. The highest BCUT2D eigenvalue weighted by molar-refractivity contribution is 8.00. The van der Waals surface area contributed by atoms with Crippen LogP contribution in [-0.2, 0) is 0 Å². The lowest BCUT2D eigenvalue weighted by Crippen LogP contribution is -2.10. The number of nitrogens with zero attached hydrogens (tertiary/aromatic N) is 1. The van der Waals surface area contributed by atoms with Crippen molar-refractivity contribution in [3.05, 3.63) is 12.1 Å². The molecule has 0 spiro atoms. The molecule has 0 bridgehead atoms. The van der Waals surface area contributed by atoms with Crippen LogP contribution in [0.25, 0.3) is 0 Å². The summed E-state index contributed by atoms with van der Waals surface area (Å²) in [5.74, 6) is 1.10. The van der Waals surface area contributed by atoms with Crippen molar-refractivity contribution >= 4 is 17.4 Å². The fourth-order valence-corrected chi connectivity index (χ4v) is 2.28. The van der Waals surface area contributed by atoms with E-state index in [4.69, 9.17) is 0 Å². The number of phenols is 2. The van der Waals surface area contributed by atoms with E-state index in [1.807, 2.05) is 11.9 Å². The number of anilines is 1. The first-order valence-electron chi connectivity index (χ1n) is 3.58. The number of rotatable bonds is 0. The molecule has 1 aliphatic rings. The van der Waals surface area contributed by atoms with Gasteiger partial charge in [0.15, 0.2) is 0 Å². The van der Waals surface area contributed by atoms with Crippen LogP contribution in [0.2, 0.25) is 0 Å². The number of thioether (sulfide) groups is 1. The molecule has 2 rings (SSSR count). The van der Waals surface area contributed by atoms with Gasteiger partial charge in [0.25, 0.3) is 0 Å². The van der Waals surface area contributed by atoms with E-state index >= 15 is 0 Å². The second-order valence-corrected chi connectivity index (χ2v) is 3.74. The average Bonchev–Trinajstić information content (AvgIpc) is 2.33. The largest absolute Gasteiger partial charge is 0.508 e. The molecule has 3 nitrogen and oxygen atoms in total. The van der Waals surface area contributed by atoms with E-state index in [2.05, 4.69) is 0 Å². The smallest absolute Gasteiger partial charge is 0.134 e. The monoisotopic (exact) mass is 183 g/mol. The molecule has 4 heteroatoms. The zero-order chi connectivity index (χ0) is 8.72. The molecule has 1 aliphatic heterocycles. The number of hydrogen-bond donors (Lipinski definition) is 2. The molecule has 0 fully saturated rings. The topological polar surface area (TPSA) is 43.7 Å². The molecule has 1 aromatic carbocycles. The molecule has 64 valence electrons. The van der Waals surface area contributed by atoms with Crippen LogP contribution < -0.4 is 4.90 Å². The molecule has 2 N–H and O–H groups in total. The fourth-order valence-electron chi connectivity index (χ4n) is 1.25.